The molecule has 7 heteroatoms. The first-order chi connectivity index (χ1) is 9.02. The van der Waals surface area contributed by atoms with Crippen LogP contribution in [0.5, 0.6) is 0 Å². The summed E-state index contributed by atoms with van der Waals surface area (Å²) in [5, 5.41) is 0.568. The lowest BCUT2D eigenvalue weighted by Crippen LogP contribution is -2.06. The SMILES string of the molecule is COCc1nc(-c2ccc(Br)cc2Cl)nc(N)c1I. The fraction of sp³-hybridized carbons (Fsp3) is 0.167. The molecule has 0 aliphatic heterocycles. The third-order valence-corrected chi connectivity index (χ3v) is 4.38. The van der Waals surface area contributed by atoms with E-state index in [0.717, 1.165) is 19.3 Å². The maximum atomic E-state index is 6.20. The van der Waals surface area contributed by atoms with E-state index >= 15 is 0 Å². The van der Waals surface area contributed by atoms with Gasteiger partial charge in [0.2, 0.25) is 0 Å². The molecule has 0 fully saturated rings. The van der Waals surface area contributed by atoms with Crippen LogP contribution < -0.4 is 5.73 Å². The quantitative estimate of drug-likeness (QED) is 0.715. The Labute approximate surface area is 138 Å². The van der Waals surface area contributed by atoms with E-state index in [-0.39, 0.29) is 0 Å². The highest BCUT2D eigenvalue weighted by atomic mass is 127. The molecule has 1 aromatic heterocycles. The number of hydrogen-bond acceptors (Lipinski definition) is 4. The van der Waals surface area contributed by atoms with Gasteiger partial charge in [0.15, 0.2) is 5.82 Å². The van der Waals surface area contributed by atoms with E-state index in [1.54, 1.807) is 13.2 Å². The molecule has 2 aromatic rings. The molecule has 0 aliphatic rings. The van der Waals surface area contributed by atoms with Crippen molar-refractivity contribution in [2.45, 2.75) is 6.61 Å². The molecule has 2 N–H and O–H groups in total. The molecule has 0 saturated carbocycles. The summed E-state index contributed by atoms with van der Waals surface area (Å²) in [7, 11) is 1.61. The lowest BCUT2D eigenvalue weighted by atomic mass is 10.2. The summed E-state index contributed by atoms with van der Waals surface area (Å²) in [5.74, 6) is 0.930. The summed E-state index contributed by atoms with van der Waals surface area (Å²) in [6.07, 6.45) is 0. The van der Waals surface area contributed by atoms with Gasteiger partial charge in [0, 0.05) is 17.1 Å². The fourth-order valence-corrected chi connectivity index (χ4v) is 2.69. The molecule has 2 rings (SSSR count). The van der Waals surface area contributed by atoms with Gasteiger partial charge in [-0.1, -0.05) is 27.5 Å². The van der Waals surface area contributed by atoms with Gasteiger partial charge in [0.05, 0.1) is 20.9 Å². The number of nitrogen functional groups attached to an aromatic ring is 1. The van der Waals surface area contributed by atoms with Crippen LogP contribution >= 0.6 is 50.1 Å². The topological polar surface area (TPSA) is 61.0 Å². The van der Waals surface area contributed by atoms with Gasteiger partial charge in [0.1, 0.15) is 5.82 Å². The van der Waals surface area contributed by atoms with Crippen molar-refractivity contribution < 1.29 is 4.74 Å². The van der Waals surface area contributed by atoms with Crippen LogP contribution in [0, 0.1) is 3.57 Å². The van der Waals surface area contributed by atoms with E-state index in [2.05, 4.69) is 48.5 Å². The Hall–Kier alpha value is -0.440. The molecule has 1 aromatic carbocycles. The van der Waals surface area contributed by atoms with E-state index in [4.69, 9.17) is 22.1 Å². The van der Waals surface area contributed by atoms with Crippen molar-refractivity contribution in [3.05, 3.63) is 37.0 Å². The zero-order valence-corrected chi connectivity index (χ0v) is 14.5. The van der Waals surface area contributed by atoms with E-state index in [1.165, 1.54) is 0 Å². The summed E-state index contributed by atoms with van der Waals surface area (Å²) in [5.41, 5.74) is 7.40. The third-order valence-electron chi connectivity index (χ3n) is 2.40. The number of anilines is 1. The minimum atomic E-state index is 0.381. The van der Waals surface area contributed by atoms with Gasteiger partial charge in [-0.2, -0.15) is 0 Å². The predicted octanol–water partition coefficient (Wildman–Crippen LogP) is 3.89. The lowest BCUT2D eigenvalue weighted by molar-refractivity contribution is 0.181. The van der Waals surface area contributed by atoms with Crippen molar-refractivity contribution in [3.8, 4) is 11.4 Å². The van der Waals surface area contributed by atoms with Gasteiger partial charge in [-0.05, 0) is 40.8 Å². The normalized spacial score (nSPS) is 10.7. The molecule has 0 aliphatic carbocycles. The highest BCUT2D eigenvalue weighted by Gasteiger charge is 2.13. The number of rotatable bonds is 3. The first-order valence-corrected chi connectivity index (χ1v) is 7.54. The second-order valence-electron chi connectivity index (χ2n) is 3.75. The van der Waals surface area contributed by atoms with Gasteiger partial charge in [-0.3, -0.25) is 0 Å². The predicted molar refractivity (Wildman–Crippen MR) is 88.0 cm³/mol. The Morgan fingerprint density at radius 1 is 1.42 bits per heavy atom. The van der Waals surface area contributed by atoms with E-state index < -0.39 is 0 Å². The van der Waals surface area contributed by atoms with Crippen LogP contribution in [-0.2, 0) is 11.3 Å². The first-order valence-electron chi connectivity index (χ1n) is 5.29. The Kier molecular flexibility index (Phi) is 4.99. The summed E-state index contributed by atoms with van der Waals surface area (Å²) < 4.78 is 6.81. The van der Waals surface area contributed by atoms with Gasteiger partial charge >= 0.3 is 0 Å². The van der Waals surface area contributed by atoms with Crippen LogP contribution in [0.25, 0.3) is 11.4 Å². The van der Waals surface area contributed by atoms with Crippen molar-refractivity contribution in [1.82, 2.24) is 9.97 Å². The number of methoxy groups -OCH3 is 1. The highest BCUT2D eigenvalue weighted by molar-refractivity contribution is 14.1. The van der Waals surface area contributed by atoms with Gasteiger partial charge in [-0.25, -0.2) is 9.97 Å². The smallest absolute Gasteiger partial charge is 0.163 e. The molecule has 19 heavy (non-hydrogen) atoms. The number of benzene rings is 1. The average molecular weight is 454 g/mol. The largest absolute Gasteiger partial charge is 0.383 e. The van der Waals surface area contributed by atoms with Crippen LogP contribution in [0.15, 0.2) is 22.7 Å². The first kappa shape index (κ1) is 15.0. The van der Waals surface area contributed by atoms with E-state index in [1.807, 2.05) is 12.1 Å². The highest BCUT2D eigenvalue weighted by Crippen LogP contribution is 2.30. The van der Waals surface area contributed by atoms with E-state index in [0.29, 0.717) is 23.3 Å². The zero-order chi connectivity index (χ0) is 14.0. The Balaban J connectivity index is 2.56. The molecule has 0 bridgehead atoms. The molecule has 0 spiro atoms. The number of aromatic nitrogens is 2. The van der Waals surface area contributed by atoms with Crippen LogP contribution in [0.3, 0.4) is 0 Å². The summed E-state index contributed by atoms with van der Waals surface area (Å²) in [6, 6.07) is 5.53. The van der Waals surface area contributed by atoms with Crippen molar-refractivity contribution in [2.24, 2.45) is 0 Å². The number of nitrogens with zero attached hydrogens (tertiary/aromatic N) is 2. The van der Waals surface area contributed by atoms with Crippen LogP contribution in [0.4, 0.5) is 5.82 Å². The second-order valence-corrected chi connectivity index (χ2v) is 6.15. The molecular weight excluding hydrogens is 444 g/mol. The van der Waals surface area contributed by atoms with Crippen molar-refractivity contribution in [1.29, 1.82) is 0 Å². The van der Waals surface area contributed by atoms with Gasteiger partial charge < -0.3 is 10.5 Å². The van der Waals surface area contributed by atoms with Crippen LogP contribution in [-0.4, -0.2) is 17.1 Å². The molecular formula is C12H10BrClIN3O. The molecule has 0 radical (unpaired) electrons. The van der Waals surface area contributed by atoms with Crippen molar-refractivity contribution in [3.63, 3.8) is 0 Å². The van der Waals surface area contributed by atoms with Gasteiger partial charge in [-0.15, -0.1) is 0 Å². The number of hydrogen-bond donors (Lipinski definition) is 1. The van der Waals surface area contributed by atoms with Crippen LogP contribution in [0.1, 0.15) is 5.69 Å². The molecule has 100 valence electrons. The van der Waals surface area contributed by atoms with Crippen LogP contribution in [0.2, 0.25) is 5.02 Å². The monoisotopic (exact) mass is 453 g/mol. The molecule has 0 amide bonds. The third kappa shape index (κ3) is 3.36. The molecule has 0 atom stereocenters. The Morgan fingerprint density at radius 2 is 2.16 bits per heavy atom. The maximum Gasteiger partial charge on any atom is 0.163 e. The number of halogens is 3. The second kappa shape index (κ2) is 6.34. The Morgan fingerprint density at radius 3 is 2.79 bits per heavy atom. The maximum absolute atomic E-state index is 6.20. The average Bonchev–Trinajstić information content (AvgIpc) is 2.35. The molecule has 0 unspecified atom stereocenters. The number of nitrogens with two attached hydrogens (primary N) is 1. The van der Waals surface area contributed by atoms with Gasteiger partial charge in [0.25, 0.3) is 0 Å². The molecule has 1 heterocycles. The standard InChI is InChI=1S/C12H10BrClIN3O/c1-19-5-9-10(15)11(16)18-12(17-9)7-3-2-6(13)4-8(7)14/h2-4H,5H2,1H3,(H2,16,17,18). The van der Waals surface area contributed by atoms with Crippen molar-refractivity contribution in [2.75, 3.05) is 12.8 Å². The lowest BCUT2D eigenvalue weighted by Gasteiger charge is -2.09. The molecule has 4 nitrogen and oxygen atoms in total. The summed E-state index contributed by atoms with van der Waals surface area (Å²) >= 11 is 11.7. The van der Waals surface area contributed by atoms with E-state index in [9.17, 15) is 0 Å². The summed E-state index contributed by atoms with van der Waals surface area (Å²) in [6.45, 7) is 0.381. The minimum Gasteiger partial charge on any atom is -0.383 e. The Bertz CT molecular complexity index is 624. The minimum absolute atomic E-state index is 0.381. The zero-order valence-electron chi connectivity index (χ0n) is 9.95. The fourth-order valence-electron chi connectivity index (χ4n) is 1.54. The molecule has 0 saturated heterocycles. The summed E-state index contributed by atoms with van der Waals surface area (Å²) in [4.78, 5) is 8.74. The number of ether oxygens (including phenoxy) is 1. The van der Waals surface area contributed by atoms with Crippen molar-refractivity contribution >= 4 is 55.9 Å².